The van der Waals surface area contributed by atoms with Gasteiger partial charge in [-0.1, -0.05) is 32.6 Å². The first-order valence-corrected chi connectivity index (χ1v) is 7.08. The quantitative estimate of drug-likeness (QED) is 0.799. The van der Waals surface area contributed by atoms with Crippen molar-refractivity contribution in [2.45, 2.75) is 58.4 Å². The van der Waals surface area contributed by atoms with E-state index < -0.39 is 0 Å². The zero-order chi connectivity index (χ0) is 12.1. The minimum Gasteiger partial charge on any atom is -0.467 e. The van der Waals surface area contributed by atoms with Gasteiger partial charge in [0.2, 0.25) is 0 Å². The largest absolute Gasteiger partial charge is 0.467 e. The Balaban J connectivity index is 1.99. The van der Waals surface area contributed by atoms with E-state index in [1.807, 2.05) is 6.26 Å². The number of rotatable bonds is 6. The van der Waals surface area contributed by atoms with Crippen molar-refractivity contribution < 1.29 is 4.42 Å². The molecule has 2 rings (SSSR count). The van der Waals surface area contributed by atoms with Gasteiger partial charge in [0.05, 0.1) is 12.3 Å². The van der Waals surface area contributed by atoms with Crippen LogP contribution in [0.1, 0.15) is 62.8 Å². The summed E-state index contributed by atoms with van der Waals surface area (Å²) in [5, 5.41) is 3.65. The second-order valence-corrected chi connectivity index (χ2v) is 5.36. The summed E-state index contributed by atoms with van der Waals surface area (Å²) in [7, 11) is 0. The fraction of sp³-hybridized carbons (Fsp3) is 0.733. The molecule has 0 bridgehead atoms. The topological polar surface area (TPSA) is 25.2 Å². The smallest absolute Gasteiger partial charge is 0.123 e. The molecule has 17 heavy (non-hydrogen) atoms. The Kier molecular flexibility index (Phi) is 4.66. The average Bonchev–Trinajstić information content (AvgIpc) is 2.95. The molecular weight excluding hydrogens is 210 g/mol. The van der Waals surface area contributed by atoms with Gasteiger partial charge in [0, 0.05) is 0 Å². The summed E-state index contributed by atoms with van der Waals surface area (Å²) in [6.45, 7) is 5.44. The normalized spacial score (nSPS) is 18.7. The Morgan fingerprint density at radius 2 is 2.18 bits per heavy atom. The van der Waals surface area contributed by atoms with Crippen molar-refractivity contribution in [1.82, 2.24) is 5.32 Å². The molecule has 0 saturated heterocycles. The zero-order valence-electron chi connectivity index (χ0n) is 11.2. The molecule has 1 heterocycles. The van der Waals surface area contributed by atoms with Crippen LogP contribution >= 0.6 is 0 Å². The predicted molar refractivity (Wildman–Crippen MR) is 71.1 cm³/mol. The van der Waals surface area contributed by atoms with Crippen LogP contribution in [0, 0.1) is 12.8 Å². The molecule has 1 unspecified atom stereocenters. The first kappa shape index (κ1) is 12.7. The summed E-state index contributed by atoms with van der Waals surface area (Å²) in [6.07, 6.45) is 9.90. The first-order valence-electron chi connectivity index (χ1n) is 7.08. The van der Waals surface area contributed by atoms with Crippen LogP contribution in [0.15, 0.2) is 16.7 Å². The van der Waals surface area contributed by atoms with Crippen molar-refractivity contribution in [3.05, 3.63) is 23.7 Å². The third kappa shape index (κ3) is 3.35. The van der Waals surface area contributed by atoms with E-state index in [1.165, 1.54) is 44.1 Å². The minimum absolute atomic E-state index is 0.424. The fourth-order valence-corrected chi connectivity index (χ4v) is 2.92. The van der Waals surface area contributed by atoms with Gasteiger partial charge in [0.15, 0.2) is 0 Å². The standard InChI is InChI=1S/C15H25NO/c1-3-9-16-14(11-13-6-4-5-7-13)15-12(2)8-10-17-15/h8,10,13-14,16H,3-7,9,11H2,1-2H3. The summed E-state index contributed by atoms with van der Waals surface area (Å²) < 4.78 is 5.67. The van der Waals surface area contributed by atoms with E-state index >= 15 is 0 Å². The maximum atomic E-state index is 5.67. The highest BCUT2D eigenvalue weighted by atomic mass is 16.3. The molecule has 96 valence electrons. The minimum atomic E-state index is 0.424. The summed E-state index contributed by atoms with van der Waals surface area (Å²) in [6, 6.07) is 2.50. The molecule has 2 heteroatoms. The number of furan rings is 1. The molecule has 0 aromatic carbocycles. The highest BCUT2D eigenvalue weighted by molar-refractivity contribution is 5.18. The molecule has 1 saturated carbocycles. The summed E-state index contributed by atoms with van der Waals surface area (Å²) >= 11 is 0. The molecule has 1 fully saturated rings. The third-order valence-electron chi connectivity index (χ3n) is 3.90. The van der Waals surface area contributed by atoms with Crippen molar-refractivity contribution >= 4 is 0 Å². The van der Waals surface area contributed by atoms with Crippen LogP contribution in [0.3, 0.4) is 0 Å². The van der Waals surface area contributed by atoms with E-state index in [0.717, 1.165) is 18.2 Å². The molecule has 1 aromatic rings. The molecule has 1 atom stereocenters. The van der Waals surface area contributed by atoms with Gasteiger partial charge in [-0.25, -0.2) is 0 Å². The Hall–Kier alpha value is -0.760. The fourth-order valence-electron chi connectivity index (χ4n) is 2.92. The molecule has 1 aromatic heterocycles. The summed E-state index contributed by atoms with van der Waals surface area (Å²) in [5.74, 6) is 2.05. The Morgan fingerprint density at radius 1 is 1.41 bits per heavy atom. The molecule has 0 aliphatic heterocycles. The lowest BCUT2D eigenvalue weighted by Gasteiger charge is -2.20. The second-order valence-electron chi connectivity index (χ2n) is 5.36. The van der Waals surface area contributed by atoms with Crippen LogP contribution in [0.5, 0.6) is 0 Å². The summed E-state index contributed by atoms with van der Waals surface area (Å²) in [5.41, 5.74) is 1.29. The molecule has 1 aliphatic carbocycles. The molecule has 0 amide bonds. The lowest BCUT2D eigenvalue weighted by atomic mass is 9.95. The highest BCUT2D eigenvalue weighted by Crippen LogP contribution is 2.34. The lowest BCUT2D eigenvalue weighted by Crippen LogP contribution is -2.24. The Bertz CT molecular complexity index is 325. The van der Waals surface area contributed by atoms with Crippen molar-refractivity contribution in [2.24, 2.45) is 5.92 Å². The van der Waals surface area contributed by atoms with Gasteiger partial charge in [-0.05, 0) is 43.9 Å². The zero-order valence-corrected chi connectivity index (χ0v) is 11.2. The summed E-state index contributed by atoms with van der Waals surface area (Å²) in [4.78, 5) is 0. The molecule has 0 radical (unpaired) electrons. The van der Waals surface area contributed by atoms with Crippen LogP contribution in [0.4, 0.5) is 0 Å². The van der Waals surface area contributed by atoms with Crippen molar-refractivity contribution in [1.29, 1.82) is 0 Å². The van der Waals surface area contributed by atoms with E-state index in [2.05, 4.69) is 25.2 Å². The van der Waals surface area contributed by atoms with Crippen molar-refractivity contribution in [2.75, 3.05) is 6.54 Å². The number of nitrogens with one attached hydrogen (secondary N) is 1. The molecule has 2 nitrogen and oxygen atoms in total. The number of hydrogen-bond acceptors (Lipinski definition) is 2. The van der Waals surface area contributed by atoms with Crippen LogP contribution < -0.4 is 5.32 Å². The van der Waals surface area contributed by atoms with Crippen LogP contribution in [0.25, 0.3) is 0 Å². The van der Waals surface area contributed by atoms with Crippen LogP contribution in [-0.2, 0) is 0 Å². The van der Waals surface area contributed by atoms with Crippen LogP contribution in [0.2, 0.25) is 0 Å². The molecular formula is C15H25NO. The van der Waals surface area contributed by atoms with Gasteiger partial charge in [-0.3, -0.25) is 0 Å². The molecule has 0 spiro atoms. The van der Waals surface area contributed by atoms with Gasteiger partial charge in [-0.2, -0.15) is 0 Å². The average molecular weight is 235 g/mol. The third-order valence-corrected chi connectivity index (χ3v) is 3.90. The van der Waals surface area contributed by atoms with E-state index in [9.17, 15) is 0 Å². The second kappa shape index (κ2) is 6.25. The number of aryl methyl sites for hydroxylation is 1. The van der Waals surface area contributed by atoms with E-state index in [1.54, 1.807) is 0 Å². The maximum Gasteiger partial charge on any atom is 0.123 e. The van der Waals surface area contributed by atoms with Gasteiger partial charge >= 0.3 is 0 Å². The monoisotopic (exact) mass is 235 g/mol. The highest BCUT2D eigenvalue weighted by Gasteiger charge is 2.23. The molecule has 1 N–H and O–H groups in total. The Morgan fingerprint density at radius 3 is 2.76 bits per heavy atom. The lowest BCUT2D eigenvalue weighted by molar-refractivity contribution is 0.341. The van der Waals surface area contributed by atoms with Gasteiger partial charge in [-0.15, -0.1) is 0 Å². The van der Waals surface area contributed by atoms with Crippen molar-refractivity contribution in [3.8, 4) is 0 Å². The maximum absolute atomic E-state index is 5.67. The Labute approximate surface area is 105 Å². The van der Waals surface area contributed by atoms with Gasteiger partial charge in [0.1, 0.15) is 5.76 Å². The van der Waals surface area contributed by atoms with E-state index in [0.29, 0.717) is 6.04 Å². The number of hydrogen-bond donors (Lipinski definition) is 1. The first-order chi connectivity index (χ1) is 8.31. The van der Waals surface area contributed by atoms with Gasteiger partial charge < -0.3 is 9.73 Å². The predicted octanol–water partition coefficient (Wildman–Crippen LogP) is 4.21. The van der Waals surface area contributed by atoms with E-state index in [-0.39, 0.29) is 0 Å². The van der Waals surface area contributed by atoms with Gasteiger partial charge in [0.25, 0.3) is 0 Å². The molecule has 1 aliphatic rings. The van der Waals surface area contributed by atoms with Crippen LogP contribution in [-0.4, -0.2) is 6.54 Å². The van der Waals surface area contributed by atoms with Crippen molar-refractivity contribution in [3.63, 3.8) is 0 Å². The SMILES string of the molecule is CCCNC(CC1CCCC1)c1occc1C. The van der Waals surface area contributed by atoms with E-state index in [4.69, 9.17) is 4.42 Å².